The number of nitrogen functional groups attached to an aromatic ring is 1. The molecule has 0 bridgehead atoms. The zero-order valence-electron chi connectivity index (χ0n) is 9.29. The smallest absolute Gasteiger partial charge is 0.420 e. The Morgan fingerprint density at radius 3 is 2.59 bits per heavy atom. The van der Waals surface area contributed by atoms with Gasteiger partial charge in [0.05, 0.1) is 18.3 Å². The number of aliphatic hydroxyl groups excluding tert-OH is 1. The van der Waals surface area contributed by atoms with E-state index in [1.54, 1.807) is 0 Å². The van der Waals surface area contributed by atoms with Crippen LogP contribution in [0.3, 0.4) is 0 Å². The lowest BCUT2D eigenvalue weighted by atomic mass is 10.1. The Morgan fingerprint density at radius 2 is 2.06 bits per heavy atom. The Labute approximate surface area is 97.0 Å². The topological polar surface area (TPSA) is 55.5 Å². The Hall–Kier alpha value is -1.43. The molecule has 1 unspecified atom stereocenters. The van der Waals surface area contributed by atoms with Crippen molar-refractivity contribution in [2.24, 2.45) is 0 Å². The summed E-state index contributed by atoms with van der Waals surface area (Å²) in [4.78, 5) is 0. The molecular formula is C11H14F3NO2. The van der Waals surface area contributed by atoms with Crippen LogP contribution in [-0.4, -0.2) is 17.8 Å². The number of benzene rings is 1. The molecular weight excluding hydrogens is 235 g/mol. The van der Waals surface area contributed by atoms with Gasteiger partial charge < -0.3 is 15.6 Å². The molecule has 0 spiro atoms. The van der Waals surface area contributed by atoms with Crippen molar-refractivity contribution in [2.45, 2.75) is 25.6 Å². The summed E-state index contributed by atoms with van der Waals surface area (Å²) in [5, 5.41) is 8.98. The van der Waals surface area contributed by atoms with Crippen molar-refractivity contribution >= 4 is 5.69 Å². The maximum atomic E-state index is 12.6. The van der Waals surface area contributed by atoms with E-state index in [1.165, 1.54) is 19.1 Å². The highest BCUT2D eigenvalue weighted by Crippen LogP contribution is 2.37. The van der Waals surface area contributed by atoms with Gasteiger partial charge in [0.1, 0.15) is 5.75 Å². The summed E-state index contributed by atoms with van der Waals surface area (Å²) in [6.45, 7) is 1.56. The van der Waals surface area contributed by atoms with Gasteiger partial charge >= 0.3 is 6.18 Å². The van der Waals surface area contributed by atoms with E-state index in [9.17, 15) is 13.2 Å². The summed E-state index contributed by atoms with van der Waals surface area (Å²) in [5.74, 6) is -0.271. The molecule has 1 atom stereocenters. The fourth-order valence-corrected chi connectivity index (χ4v) is 1.23. The molecule has 0 aliphatic heterocycles. The van der Waals surface area contributed by atoms with Crippen molar-refractivity contribution < 1.29 is 23.0 Å². The zero-order valence-corrected chi connectivity index (χ0v) is 9.29. The van der Waals surface area contributed by atoms with Gasteiger partial charge in [0, 0.05) is 12.1 Å². The van der Waals surface area contributed by atoms with Crippen molar-refractivity contribution in [3.63, 3.8) is 0 Å². The fraction of sp³-hybridized carbons (Fsp3) is 0.455. The number of aliphatic hydroxyl groups is 1. The van der Waals surface area contributed by atoms with Gasteiger partial charge in [-0.25, -0.2) is 0 Å². The van der Waals surface area contributed by atoms with E-state index in [1.807, 2.05) is 0 Å². The lowest BCUT2D eigenvalue weighted by molar-refractivity contribution is -0.138. The minimum Gasteiger partial charge on any atom is -0.493 e. The van der Waals surface area contributed by atoms with Gasteiger partial charge in [0.15, 0.2) is 0 Å². The normalized spacial score (nSPS) is 13.5. The Bertz CT molecular complexity index is 377. The second-order valence-corrected chi connectivity index (χ2v) is 3.74. The van der Waals surface area contributed by atoms with E-state index in [4.69, 9.17) is 15.6 Å². The first-order chi connectivity index (χ1) is 7.80. The molecule has 3 N–H and O–H groups in total. The van der Waals surface area contributed by atoms with E-state index >= 15 is 0 Å². The molecule has 0 saturated heterocycles. The van der Waals surface area contributed by atoms with Crippen molar-refractivity contribution in [3.8, 4) is 5.75 Å². The van der Waals surface area contributed by atoms with Gasteiger partial charge in [0.25, 0.3) is 0 Å². The van der Waals surface area contributed by atoms with E-state index in [2.05, 4.69) is 0 Å². The molecule has 1 rings (SSSR count). The summed E-state index contributed by atoms with van der Waals surface area (Å²) in [7, 11) is 0. The second kappa shape index (κ2) is 5.27. The lowest BCUT2D eigenvalue weighted by Gasteiger charge is -2.14. The van der Waals surface area contributed by atoms with Crippen LogP contribution < -0.4 is 10.5 Å². The van der Waals surface area contributed by atoms with Crippen LogP contribution in [-0.2, 0) is 6.18 Å². The second-order valence-electron chi connectivity index (χ2n) is 3.74. The van der Waals surface area contributed by atoms with Gasteiger partial charge in [-0.1, -0.05) is 0 Å². The highest BCUT2D eigenvalue weighted by atomic mass is 19.4. The van der Waals surface area contributed by atoms with E-state index in [-0.39, 0.29) is 24.5 Å². The summed E-state index contributed by atoms with van der Waals surface area (Å²) in [6, 6.07) is 3.35. The van der Waals surface area contributed by atoms with Crippen molar-refractivity contribution in [1.82, 2.24) is 0 Å². The molecule has 17 heavy (non-hydrogen) atoms. The van der Waals surface area contributed by atoms with Gasteiger partial charge in [-0.2, -0.15) is 13.2 Å². The maximum Gasteiger partial charge on any atom is 0.420 e. The Balaban J connectivity index is 2.84. The molecule has 3 nitrogen and oxygen atoms in total. The maximum absolute atomic E-state index is 12.6. The number of nitrogens with two attached hydrogens (primary N) is 1. The van der Waals surface area contributed by atoms with Crippen molar-refractivity contribution in [3.05, 3.63) is 23.8 Å². The quantitative estimate of drug-likeness (QED) is 0.806. The third-order valence-corrected chi connectivity index (χ3v) is 2.10. The number of rotatable bonds is 4. The van der Waals surface area contributed by atoms with Crippen LogP contribution in [0.4, 0.5) is 18.9 Å². The van der Waals surface area contributed by atoms with Crippen LogP contribution in [0, 0.1) is 0 Å². The van der Waals surface area contributed by atoms with Gasteiger partial charge in [-0.05, 0) is 25.1 Å². The molecule has 0 amide bonds. The van der Waals surface area contributed by atoms with Crippen molar-refractivity contribution in [2.75, 3.05) is 12.3 Å². The molecule has 1 aromatic carbocycles. The molecule has 6 heteroatoms. The molecule has 0 aliphatic carbocycles. The van der Waals surface area contributed by atoms with Crippen LogP contribution in [0.2, 0.25) is 0 Å². The van der Waals surface area contributed by atoms with Crippen molar-refractivity contribution in [1.29, 1.82) is 0 Å². The summed E-state index contributed by atoms with van der Waals surface area (Å²) in [6.07, 6.45) is -4.85. The molecule has 0 radical (unpaired) electrons. The first kappa shape index (κ1) is 13.6. The number of hydrogen-bond donors (Lipinski definition) is 2. The van der Waals surface area contributed by atoms with E-state index < -0.39 is 17.8 Å². The molecule has 0 fully saturated rings. The van der Waals surface area contributed by atoms with Gasteiger partial charge in [0.2, 0.25) is 0 Å². The number of alkyl halides is 3. The lowest BCUT2D eigenvalue weighted by Crippen LogP contribution is -2.12. The highest BCUT2D eigenvalue weighted by Gasteiger charge is 2.34. The minimum absolute atomic E-state index is 0.0185. The van der Waals surface area contributed by atoms with Gasteiger partial charge in [-0.3, -0.25) is 0 Å². The number of ether oxygens (including phenoxy) is 1. The van der Waals surface area contributed by atoms with Crippen LogP contribution in [0.1, 0.15) is 18.9 Å². The van der Waals surface area contributed by atoms with Gasteiger partial charge in [-0.15, -0.1) is 0 Å². The standard InChI is InChI=1S/C11H14F3NO2/c1-7(16)4-5-17-10-3-2-8(15)6-9(10)11(12,13)14/h2-3,6-7,16H,4-5,15H2,1H3. The third-order valence-electron chi connectivity index (χ3n) is 2.10. The average molecular weight is 249 g/mol. The molecule has 0 saturated carbocycles. The van der Waals surface area contributed by atoms with Crippen LogP contribution in [0.25, 0.3) is 0 Å². The molecule has 96 valence electrons. The average Bonchev–Trinajstić information content (AvgIpc) is 2.18. The van der Waals surface area contributed by atoms with Crippen LogP contribution in [0.5, 0.6) is 5.75 Å². The highest BCUT2D eigenvalue weighted by molar-refractivity contribution is 5.49. The fourth-order valence-electron chi connectivity index (χ4n) is 1.23. The molecule has 0 aliphatic rings. The summed E-state index contributed by atoms with van der Waals surface area (Å²) < 4.78 is 42.9. The Morgan fingerprint density at radius 1 is 1.41 bits per heavy atom. The molecule has 0 heterocycles. The van der Waals surface area contributed by atoms with E-state index in [0.29, 0.717) is 0 Å². The zero-order chi connectivity index (χ0) is 13.1. The first-order valence-corrected chi connectivity index (χ1v) is 5.08. The summed E-state index contributed by atoms with van der Waals surface area (Å²) in [5.41, 5.74) is 4.43. The molecule has 1 aromatic rings. The largest absolute Gasteiger partial charge is 0.493 e. The first-order valence-electron chi connectivity index (χ1n) is 5.08. The SMILES string of the molecule is CC(O)CCOc1ccc(N)cc1C(F)(F)F. The number of halogens is 3. The minimum atomic E-state index is -4.50. The monoisotopic (exact) mass is 249 g/mol. The number of hydrogen-bond acceptors (Lipinski definition) is 3. The number of anilines is 1. The van der Waals surface area contributed by atoms with E-state index in [0.717, 1.165) is 6.07 Å². The predicted octanol–water partition coefficient (Wildman–Crippen LogP) is 2.44. The third kappa shape index (κ3) is 4.14. The van der Waals surface area contributed by atoms with Crippen LogP contribution in [0.15, 0.2) is 18.2 Å². The molecule has 0 aromatic heterocycles. The summed E-state index contributed by atoms with van der Waals surface area (Å²) >= 11 is 0. The van der Waals surface area contributed by atoms with Crippen LogP contribution >= 0.6 is 0 Å². The Kier molecular flexibility index (Phi) is 4.22. The predicted molar refractivity (Wildman–Crippen MR) is 57.6 cm³/mol.